The van der Waals surface area contributed by atoms with Crippen LogP contribution in [0.3, 0.4) is 0 Å². The largest absolute Gasteiger partial charge is 0.382 e. The molecule has 0 aromatic rings. The number of nitrogens with one attached hydrogen (secondary N) is 1. The minimum Gasteiger partial charge on any atom is -0.382 e. The van der Waals surface area contributed by atoms with Crippen LogP contribution in [0, 0.1) is 0 Å². The molecule has 11 heavy (non-hydrogen) atoms. The van der Waals surface area contributed by atoms with Gasteiger partial charge in [0.2, 0.25) is 5.91 Å². The first-order valence-electron chi connectivity index (χ1n) is 4.04. The van der Waals surface area contributed by atoms with Crippen molar-refractivity contribution in [1.82, 2.24) is 5.32 Å². The summed E-state index contributed by atoms with van der Waals surface area (Å²) in [5.41, 5.74) is 0. The maximum atomic E-state index is 10.8. The molecule has 1 amide bonds. The van der Waals surface area contributed by atoms with Crippen LogP contribution >= 0.6 is 0 Å². The third-order valence-electron chi connectivity index (χ3n) is 2.10. The summed E-state index contributed by atoms with van der Waals surface area (Å²) in [6.45, 7) is 2.02. The van der Waals surface area contributed by atoms with E-state index in [1.165, 1.54) is 0 Å². The van der Waals surface area contributed by atoms with Gasteiger partial charge in [-0.15, -0.1) is 0 Å². The van der Waals surface area contributed by atoms with Gasteiger partial charge in [0.05, 0.1) is 6.10 Å². The molecule has 64 valence electrons. The standard InChI is InChI=1S/C8H15NO2/c1-6(11-2)5-7-3-4-8(10)9-7/h6-7H,3-5H2,1-2H3,(H,9,10). The van der Waals surface area contributed by atoms with Crippen molar-refractivity contribution in [3.05, 3.63) is 0 Å². The van der Waals surface area contributed by atoms with Crippen molar-refractivity contribution in [2.75, 3.05) is 7.11 Å². The first-order chi connectivity index (χ1) is 5.22. The summed E-state index contributed by atoms with van der Waals surface area (Å²) in [7, 11) is 1.70. The molecular formula is C8H15NO2. The van der Waals surface area contributed by atoms with Crippen LogP contribution in [0.15, 0.2) is 0 Å². The van der Waals surface area contributed by atoms with Crippen molar-refractivity contribution in [3.63, 3.8) is 0 Å². The maximum absolute atomic E-state index is 10.8. The highest BCUT2D eigenvalue weighted by atomic mass is 16.5. The van der Waals surface area contributed by atoms with Crippen LogP contribution in [0.4, 0.5) is 0 Å². The topological polar surface area (TPSA) is 38.3 Å². The average molecular weight is 157 g/mol. The fourth-order valence-corrected chi connectivity index (χ4v) is 1.35. The molecular weight excluding hydrogens is 142 g/mol. The van der Waals surface area contributed by atoms with E-state index in [0.717, 1.165) is 12.8 Å². The second kappa shape index (κ2) is 3.72. The molecule has 0 spiro atoms. The number of ether oxygens (including phenoxy) is 1. The summed E-state index contributed by atoms with van der Waals surface area (Å²) in [5.74, 6) is 0.179. The van der Waals surface area contributed by atoms with Crippen LogP contribution in [0.2, 0.25) is 0 Å². The molecule has 3 nitrogen and oxygen atoms in total. The van der Waals surface area contributed by atoms with E-state index < -0.39 is 0 Å². The van der Waals surface area contributed by atoms with Crippen molar-refractivity contribution in [2.24, 2.45) is 0 Å². The highest BCUT2D eigenvalue weighted by Crippen LogP contribution is 2.12. The predicted octanol–water partition coefficient (Wildman–Crippen LogP) is 0.690. The maximum Gasteiger partial charge on any atom is 0.220 e. The van der Waals surface area contributed by atoms with Gasteiger partial charge in [-0.25, -0.2) is 0 Å². The molecule has 0 aromatic carbocycles. The van der Waals surface area contributed by atoms with Crippen LogP contribution in [0.5, 0.6) is 0 Å². The van der Waals surface area contributed by atoms with E-state index in [2.05, 4.69) is 5.32 Å². The smallest absolute Gasteiger partial charge is 0.220 e. The summed E-state index contributed by atoms with van der Waals surface area (Å²) in [4.78, 5) is 10.8. The lowest BCUT2D eigenvalue weighted by Gasteiger charge is -2.14. The Kier molecular flexibility index (Phi) is 2.88. The average Bonchev–Trinajstić information content (AvgIpc) is 2.35. The fourth-order valence-electron chi connectivity index (χ4n) is 1.35. The third kappa shape index (κ3) is 2.50. The number of hydrogen-bond donors (Lipinski definition) is 1. The molecule has 0 radical (unpaired) electrons. The summed E-state index contributed by atoms with van der Waals surface area (Å²) >= 11 is 0. The Morgan fingerprint density at radius 3 is 3.00 bits per heavy atom. The Bertz CT molecular complexity index is 147. The number of rotatable bonds is 3. The van der Waals surface area contributed by atoms with Gasteiger partial charge < -0.3 is 10.1 Å². The molecule has 2 unspecified atom stereocenters. The van der Waals surface area contributed by atoms with Crippen molar-refractivity contribution >= 4 is 5.91 Å². The van der Waals surface area contributed by atoms with Crippen LogP contribution in [-0.4, -0.2) is 25.2 Å². The molecule has 2 atom stereocenters. The van der Waals surface area contributed by atoms with E-state index in [1.807, 2.05) is 6.92 Å². The van der Waals surface area contributed by atoms with Gasteiger partial charge in [0.25, 0.3) is 0 Å². The Hall–Kier alpha value is -0.570. The Morgan fingerprint density at radius 2 is 2.55 bits per heavy atom. The molecule has 0 aromatic heterocycles. The predicted molar refractivity (Wildman–Crippen MR) is 42.3 cm³/mol. The van der Waals surface area contributed by atoms with E-state index in [9.17, 15) is 4.79 Å². The molecule has 1 heterocycles. The van der Waals surface area contributed by atoms with E-state index in [-0.39, 0.29) is 12.0 Å². The van der Waals surface area contributed by atoms with Gasteiger partial charge in [0, 0.05) is 19.6 Å². The second-order valence-corrected chi connectivity index (χ2v) is 3.09. The molecule has 1 rings (SSSR count). The SMILES string of the molecule is COC(C)CC1CCC(=O)N1. The van der Waals surface area contributed by atoms with Gasteiger partial charge in [-0.2, -0.15) is 0 Å². The normalized spacial score (nSPS) is 26.7. The number of carbonyl (C=O) groups excluding carboxylic acids is 1. The van der Waals surface area contributed by atoms with Crippen molar-refractivity contribution in [2.45, 2.75) is 38.3 Å². The minimum atomic E-state index is 0.179. The lowest BCUT2D eigenvalue weighted by atomic mass is 10.1. The summed E-state index contributed by atoms with van der Waals surface area (Å²) in [6, 6.07) is 0.345. The van der Waals surface area contributed by atoms with Crippen molar-refractivity contribution in [1.29, 1.82) is 0 Å². The number of methoxy groups -OCH3 is 1. The van der Waals surface area contributed by atoms with Gasteiger partial charge in [0.1, 0.15) is 0 Å². The van der Waals surface area contributed by atoms with E-state index in [4.69, 9.17) is 4.74 Å². The van der Waals surface area contributed by atoms with Gasteiger partial charge in [-0.3, -0.25) is 4.79 Å². The first kappa shape index (κ1) is 8.53. The van der Waals surface area contributed by atoms with E-state index in [0.29, 0.717) is 12.5 Å². The highest BCUT2D eigenvalue weighted by Gasteiger charge is 2.21. The molecule has 1 aliphatic rings. The minimum absolute atomic E-state index is 0.179. The lowest BCUT2D eigenvalue weighted by Crippen LogP contribution is -2.28. The molecule has 3 heteroatoms. The molecule has 0 bridgehead atoms. The molecule has 1 fully saturated rings. The summed E-state index contributed by atoms with van der Waals surface area (Å²) < 4.78 is 5.10. The van der Waals surface area contributed by atoms with Crippen LogP contribution < -0.4 is 5.32 Å². The number of carbonyl (C=O) groups is 1. The number of hydrogen-bond acceptors (Lipinski definition) is 2. The van der Waals surface area contributed by atoms with Gasteiger partial charge in [-0.1, -0.05) is 0 Å². The fraction of sp³-hybridized carbons (Fsp3) is 0.875. The molecule has 1 saturated heterocycles. The Morgan fingerprint density at radius 1 is 1.82 bits per heavy atom. The summed E-state index contributed by atoms with van der Waals surface area (Å²) in [5, 5.41) is 2.90. The first-order valence-corrected chi connectivity index (χ1v) is 4.04. The van der Waals surface area contributed by atoms with Gasteiger partial charge >= 0.3 is 0 Å². The van der Waals surface area contributed by atoms with Crippen molar-refractivity contribution in [3.8, 4) is 0 Å². The zero-order chi connectivity index (χ0) is 8.27. The van der Waals surface area contributed by atoms with E-state index in [1.54, 1.807) is 7.11 Å². The Balaban J connectivity index is 2.22. The summed E-state index contributed by atoms with van der Waals surface area (Å²) in [6.07, 6.45) is 2.83. The highest BCUT2D eigenvalue weighted by molar-refractivity contribution is 5.78. The molecule has 1 aliphatic heterocycles. The number of amides is 1. The Labute approximate surface area is 67.1 Å². The monoisotopic (exact) mass is 157 g/mol. The van der Waals surface area contributed by atoms with E-state index >= 15 is 0 Å². The van der Waals surface area contributed by atoms with Crippen LogP contribution in [-0.2, 0) is 9.53 Å². The molecule has 1 N–H and O–H groups in total. The van der Waals surface area contributed by atoms with Gasteiger partial charge in [-0.05, 0) is 19.8 Å². The zero-order valence-corrected chi connectivity index (χ0v) is 7.09. The zero-order valence-electron chi connectivity index (χ0n) is 7.09. The van der Waals surface area contributed by atoms with Crippen LogP contribution in [0.1, 0.15) is 26.2 Å². The van der Waals surface area contributed by atoms with Crippen LogP contribution in [0.25, 0.3) is 0 Å². The van der Waals surface area contributed by atoms with Crippen molar-refractivity contribution < 1.29 is 9.53 Å². The lowest BCUT2D eigenvalue weighted by molar-refractivity contribution is -0.119. The molecule has 0 aliphatic carbocycles. The quantitative estimate of drug-likeness (QED) is 0.654. The third-order valence-corrected chi connectivity index (χ3v) is 2.10. The van der Waals surface area contributed by atoms with Gasteiger partial charge in [0.15, 0.2) is 0 Å². The second-order valence-electron chi connectivity index (χ2n) is 3.09. The molecule has 0 saturated carbocycles.